The number of likely N-dealkylation sites (tertiary alicyclic amines) is 1. The third-order valence-electron chi connectivity index (χ3n) is 6.29. The van der Waals surface area contributed by atoms with Gasteiger partial charge in [-0.05, 0) is 49.1 Å². The normalized spacial score (nSPS) is 18.1. The zero-order valence-corrected chi connectivity index (χ0v) is 19.6. The Morgan fingerprint density at radius 3 is 2.77 bits per heavy atom. The highest BCUT2D eigenvalue weighted by molar-refractivity contribution is 6.31. The Morgan fingerprint density at radius 2 is 1.97 bits per heavy atom. The molecule has 0 aliphatic carbocycles. The van der Waals surface area contributed by atoms with Crippen molar-refractivity contribution in [2.45, 2.75) is 25.8 Å². The molecule has 1 N–H and O–H groups in total. The summed E-state index contributed by atoms with van der Waals surface area (Å²) >= 11 is 6.02. The van der Waals surface area contributed by atoms with E-state index in [0.29, 0.717) is 35.2 Å². The van der Waals surface area contributed by atoms with Crippen molar-refractivity contribution in [2.75, 3.05) is 18.4 Å². The van der Waals surface area contributed by atoms with Gasteiger partial charge in [0.15, 0.2) is 23.0 Å². The average molecular weight is 498 g/mol. The van der Waals surface area contributed by atoms with E-state index < -0.39 is 17.5 Å². The van der Waals surface area contributed by atoms with Gasteiger partial charge >= 0.3 is 0 Å². The highest BCUT2D eigenvalue weighted by Gasteiger charge is 2.34. The Morgan fingerprint density at radius 1 is 1.20 bits per heavy atom. The number of halogens is 3. The largest absolute Gasteiger partial charge is 0.424 e. The van der Waals surface area contributed by atoms with Crippen LogP contribution in [0.5, 0.6) is 0 Å². The summed E-state index contributed by atoms with van der Waals surface area (Å²) in [5.74, 6) is -2.27. The molecule has 4 aromatic rings. The molecular weight excluding hydrogens is 476 g/mol. The van der Waals surface area contributed by atoms with Gasteiger partial charge < -0.3 is 14.6 Å². The van der Waals surface area contributed by atoms with Crippen LogP contribution < -0.4 is 5.32 Å². The average Bonchev–Trinajstić information content (AvgIpc) is 3.26. The maximum absolute atomic E-state index is 14.2. The van der Waals surface area contributed by atoms with Gasteiger partial charge in [0.1, 0.15) is 5.52 Å². The van der Waals surface area contributed by atoms with Crippen LogP contribution in [-0.2, 0) is 0 Å². The number of oxazole rings is 1. The van der Waals surface area contributed by atoms with Crippen molar-refractivity contribution in [3.05, 3.63) is 71.0 Å². The molecule has 0 radical (unpaired) electrons. The van der Waals surface area contributed by atoms with E-state index in [0.717, 1.165) is 25.0 Å². The molecule has 0 spiro atoms. The maximum Gasteiger partial charge on any atom is 0.295 e. The Hall–Kier alpha value is -3.59. The first-order chi connectivity index (χ1) is 16.9. The third-order valence-corrected chi connectivity index (χ3v) is 6.52. The summed E-state index contributed by atoms with van der Waals surface area (Å²) in [6, 6.07) is 8.78. The van der Waals surface area contributed by atoms with Crippen LogP contribution >= 0.6 is 11.6 Å². The second-order valence-corrected chi connectivity index (χ2v) is 9.02. The van der Waals surface area contributed by atoms with Gasteiger partial charge in [0.2, 0.25) is 0 Å². The zero-order chi connectivity index (χ0) is 24.5. The van der Waals surface area contributed by atoms with E-state index >= 15 is 0 Å². The molecule has 10 heteroatoms. The van der Waals surface area contributed by atoms with E-state index in [4.69, 9.17) is 16.0 Å². The van der Waals surface area contributed by atoms with Gasteiger partial charge in [0.05, 0.1) is 11.6 Å². The first kappa shape index (κ1) is 23.2. The molecule has 1 saturated heterocycles. The Bertz CT molecular complexity index is 1380. The fourth-order valence-corrected chi connectivity index (χ4v) is 4.64. The van der Waals surface area contributed by atoms with Crippen molar-refractivity contribution >= 4 is 34.6 Å². The summed E-state index contributed by atoms with van der Waals surface area (Å²) in [4.78, 5) is 28.1. The molecule has 180 valence electrons. The Labute approximate surface area is 205 Å². The number of aromatic nitrogens is 3. The van der Waals surface area contributed by atoms with Gasteiger partial charge in [-0.15, -0.1) is 0 Å². The van der Waals surface area contributed by atoms with Crippen molar-refractivity contribution in [1.29, 1.82) is 0 Å². The smallest absolute Gasteiger partial charge is 0.295 e. The number of anilines is 1. The van der Waals surface area contributed by atoms with Crippen LogP contribution in [0.25, 0.3) is 22.5 Å². The number of rotatable bonds is 5. The molecule has 7 nitrogen and oxygen atoms in total. The van der Waals surface area contributed by atoms with E-state index in [1.54, 1.807) is 29.2 Å². The second-order valence-electron chi connectivity index (χ2n) is 8.58. The van der Waals surface area contributed by atoms with Crippen LogP contribution in [0.15, 0.2) is 53.2 Å². The van der Waals surface area contributed by atoms with Gasteiger partial charge in [-0.1, -0.05) is 18.5 Å². The predicted molar refractivity (Wildman–Crippen MR) is 128 cm³/mol. The van der Waals surface area contributed by atoms with Gasteiger partial charge in [-0.25, -0.2) is 18.7 Å². The summed E-state index contributed by atoms with van der Waals surface area (Å²) in [6.45, 7) is 2.91. The number of fused-ring (bicyclic) bond motifs is 1. The minimum absolute atomic E-state index is 0.0192. The number of nitrogens with zero attached hydrogens (tertiary/aromatic N) is 4. The number of carbonyl (C=O) groups excluding carboxylic acids is 1. The summed E-state index contributed by atoms with van der Waals surface area (Å²) < 4.78 is 34.1. The molecule has 35 heavy (non-hydrogen) atoms. The summed E-state index contributed by atoms with van der Waals surface area (Å²) in [5.41, 5.74) is 1.38. The van der Waals surface area contributed by atoms with E-state index in [-0.39, 0.29) is 28.9 Å². The topological polar surface area (TPSA) is 84.2 Å². The van der Waals surface area contributed by atoms with Crippen LogP contribution in [0, 0.1) is 17.6 Å². The molecule has 0 bridgehead atoms. The van der Waals surface area contributed by atoms with Crippen LogP contribution in [0.4, 0.5) is 14.8 Å². The standard InChI is InChI=1S/C25H22ClF2N5O2/c1-14-4-2-9-33(21(14)13-31-25-32-20-6-5-15(26)10-22(20)35-25)24(34)17-12-19(28)18(27)11-16(17)23-29-7-3-8-30-23/h3,5-8,10-12,14,21H,2,4,9,13H2,1H3,(H,31,32)/t14-,21-/m1/s1. The number of nitrogens with one attached hydrogen (secondary N) is 1. The number of amides is 1. The molecule has 0 unspecified atom stereocenters. The molecule has 5 rings (SSSR count). The molecule has 2 aromatic carbocycles. The molecular formula is C25H22ClF2N5O2. The number of carbonyl (C=O) groups is 1. The van der Waals surface area contributed by atoms with E-state index in [1.807, 2.05) is 0 Å². The molecule has 1 aliphatic rings. The van der Waals surface area contributed by atoms with Gasteiger partial charge in [0, 0.05) is 42.1 Å². The van der Waals surface area contributed by atoms with Crippen molar-refractivity contribution in [3.63, 3.8) is 0 Å². The zero-order valence-electron chi connectivity index (χ0n) is 18.8. The molecule has 0 saturated carbocycles. The Kier molecular flexibility index (Phi) is 6.34. The lowest BCUT2D eigenvalue weighted by Gasteiger charge is -2.40. The molecule has 1 amide bonds. The Balaban J connectivity index is 1.43. The summed E-state index contributed by atoms with van der Waals surface area (Å²) in [5, 5.41) is 3.73. The summed E-state index contributed by atoms with van der Waals surface area (Å²) in [7, 11) is 0. The molecule has 1 fully saturated rings. The van der Waals surface area contributed by atoms with Crippen LogP contribution in [0.2, 0.25) is 5.02 Å². The maximum atomic E-state index is 14.2. The van der Waals surface area contributed by atoms with E-state index in [9.17, 15) is 13.6 Å². The first-order valence-corrected chi connectivity index (χ1v) is 11.7. The quantitative estimate of drug-likeness (QED) is 0.388. The molecule has 3 heterocycles. The fraction of sp³-hybridized carbons (Fsp3) is 0.280. The van der Waals surface area contributed by atoms with Gasteiger partial charge in [-0.3, -0.25) is 4.79 Å². The van der Waals surface area contributed by atoms with Crippen LogP contribution in [0.1, 0.15) is 30.1 Å². The molecule has 2 atom stereocenters. The minimum Gasteiger partial charge on any atom is -0.424 e. The summed E-state index contributed by atoms with van der Waals surface area (Å²) in [6.07, 6.45) is 4.69. The van der Waals surface area contributed by atoms with Crippen molar-refractivity contribution in [1.82, 2.24) is 19.9 Å². The molecule has 2 aromatic heterocycles. The van der Waals surface area contributed by atoms with Crippen LogP contribution in [0.3, 0.4) is 0 Å². The van der Waals surface area contributed by atoms with Gasteiger partial charge in [0.25, 0.3) is 11.9 Å². The lowest BCUT2D eigenvalue weighted by atomic mass is 9.89. The fourth-order valence-electron chi connectivity index (χ4n) is 4.48. The lowest BCUT2D eigenvalue weighted by molar-refractivity contribution is 0.0539. The number of hydrogen-bond acceptors (Lipinski definition) is 6. The lowest BCUT2D eigenvalue weighted by Crippen LogP contribution is -2.51. The highest BCUT2D eigenvalue weighted by atomic mass is 35.5. The van der Waals surface area contributed by atoms with Crippen LogP contribution in [-0.4, -0.2) is 44.9 Å². The van der Waals surface area contributed by atoms with Crippen molar-refractivity contribution in [2.24, 2.45) is 5.92 Å². The van der Waals surface area contributed by atoms with E-state index in [1.165, 1.54) is 12.4 Å². The third kappa shape index (κ3) is 4.68. The predicted octanol–water partition coefficient (Wildman–Crippen LogP) is 5.57. The second kappa shape index (κ2) is 9.58. The van der Waals surface area contributed by atoms with E-state index in [2.05, 4.69) is 27.2 Å². The first-order valence-electron chi connectivity index (χ1n) is 11.3. The van der Waals surface area contributed by atoms with Gasteiger partial charge in [-0.2, -0.15) is 4.98 Å². The number of piperidine rings is 1. The minimum atomic E-state index is -1.10. The highest BCUT2D eigenvalue weighted by Crippen LogP contribution is 2.30. The number of hydrogen-bond donors (Lipinski definition) is 1. The molecule has 1 aliphatic heterocycles. The number of benzene rings is 2. The van der Waals surface area contributed by atoms with Crippen molar-refractivity contribution in [3.8, 4) is 11.4 Å². The monoisotopic (exact) mass is 497 g/mol. The van der Waals surface area contributed by atoms with Crippen molar-refractivity contribution < 1.29 is 18.0 Å². The SMILES string of the molecule is C[C@@H]1CCCN(C(=O)c2cc(F)c(F)cc2-c2ncccn2)[C@@H]1CNc1nc2ccc(Cl)cc2o1.